The first-order valence-corrected chi connectivity index (χ1v) is 5.36. The Kier molecular flexibility index (Phi) is 2.60. The number of anilines is 1. The summed E-state index contributed by atoms with van der Waals surface area (Å²) in [5.41, 5.74) is 2.22. The molecule has 0 bridgehead atoms. The number of aryl methyl sites for hydroxylation is 2. The van der Waals surface area contributed by atoms with Gasteiger partial charge >= 0.3 is 0 Å². The highest BCUT2D eigenvalue weighted by molar-refractivity contribution is 5.95. The minimum absolute atomic E-state index is 0.286. The molecule has 2 atom stereocenters. The van der Waals surface area contributed by atoms with E-state index in [9.17, 15) is 14.9 Å². The molecule has 0 spiro atoms. The molecule has 7 nitrogen and oxygen atoms in total. The fraction of sp³-hybridized carbons (Fsp3) is 0.600. The first kappa shape index (κ1) is 11.6. The number of rotatable bonds is 3. The molecular weight excluding hydrogens is 224 g/mol. The Balaban J connectivity index is 2.07. The van der Waals surface area contributed by atoms with E-state index >= 15 is 0 Å². The van der Waals surface area contributed by atoms with Gasteiger partial charge in [-0.2, -0.15) is 5.10 Å². The highest BCUT2D eigenvalue weighted by Crippen LogP contribution is 2.34. The number of amides is 1. The number of aromatic nitrogens is 2. The zero-order chi connectivity index (χ0) is 12.7. The third-order valence-corrected chi connectivity index (χ3v) is 3.12. The Morgan fingerprint density at radius 3 is 2.65 bits per heavy atom. The van der Waals surface area contributed by atoms with E-state index in [-0.39, 0.29) is 5.91 Å². The fourth-order valence-corrected chi connectivity index (χ4v) is 1.87. The van der Waals surface area contributed by atoms with Crippen molar-refractivity contribution in [3.8, 4) is 0 Å². The van der Waals surface area contributed by atoms with E-state index < -0.39 is 16.9 Å². The molecule has 0 aromatic carbocycles. The maximum Gasteiger partial charge on any atom is 0.234 e. The van der Waals surface area contributed by atoms with Gasteiger partial charge in [-0.1, -0.05) is 0 Å². The van der Waals surface area contributed by atoms with Gasteiger partial charge in [0.1, 0.15) is 5.92 Å². The van der Waals surface area contributed by atoms with Crippen molar-refractivity contribution in [3.63, 3.8) is 0 Å². The molecular formula is C10H14N4O3. The van der Waals surface area contributed by atoms with Crippen LogP contribution in [0.25, 0.3) is 0 Å². The van der Waals surface area contributed by atoms with Crippen molar-refractivity contribution in [2.45, 2.75) is 26.3 Å². The molecule has 2 rings (SSSR count). The summed E-state index contributed by atoms with van der Waals surface area (Å²) >= 11 is 0. The number of carbonyl (C=O) groups excluding carboxylic acids is 1. The third kappa shape index (κ3) is 2.00. The van der Waals surface area contributed by atoms with Gasteiger partial charge in [0.2, 0.25) is 11.9 Å². The normalized spacial score (nSPS) is 22.3. The fourth-order valence-electron chi connectivity index (χ4n) is 1.87. The van der Waals surface area contributed by atoms with Gasteiger partial charge in [0.05, 0.1) is 17.1 Å². The molecule has 1 fully saturated rings. The molecule has 7 heteroatoms. The van der Waals surface area contributed by atoms with Gasteiger partial charge in [-0.05, 0) is 13.8 Å². The maximum atomic E-state index is 11.8. The van der Waals surface area contributed by atoms with Crippen LogP contribution < -0.4 is 5.32 Å². The Morgan fingerprint density at radius 2 is 2.24 bits per heavy atom. The van der Waals surface area contributed by atoms with E-state index in [1.807, 2.05) is 6.92 Å². The van der Waals surface area contributed by atoms with Gasteiger partial charge in [0.15, 0.2) is 0 Å². The SMILES string of the molecule is Cc1nn(C)c(C)c1NC(=O)C1CC1[N+](=O)[O-]. The Bertz CT molecular complexity index is 494. The van der Waals surface area contributed by atoms with Crippen LogP contribution in [0.15, 0.2) is 0 Å². The number of nitrogens with zero attached hydrogens (tertiary/aromatic N) is 3. The Morgan fingerprint density at radius 1 is 1.59 bits per heavy atom. The average molecular weight is 238 g/mol. The molecule has 1 aliphatic carbocycles. The Hall–Kier alpha value is -1.92. The van der Waals surface area contributed by atoms with E-state index in [2.05, 4.69) is 10.4 Å². The van der Waals surface area contributed by atoms with Crippen LogP contribution in [-0.4, -0.2) is 26.7 Å². The molecule has 2 unspecified atom stereocenters. The minimum atomic E-state index is -0.715. The van der Waals surface area contributed by atoms with Gasteiger partial charge in [-0.25, -0.2) is 0 Å². The summed E-state index contributed by atoms with van der Waals surface area (Å²) in [5, 5.41) is 17.4. The molecule has 1 amide bonds. The lowest BCUT2D eigenvalue weighted by Gasteiger charge is -2.03. The second-order valence-electron chi connectivity index (χ2n) is 4.35. The van der Waals surface area contributed by atoms with Crippen LogP contribution in [0, 0.1) is 29.9 Å². The number of hydrogen-bond donors (Lipinski definition) is 1. The summed E-state index contributed by atoms with van der Waals surface area (Å²) in [6.07, 6.45) is 0.331. The van der Waals surface area contributed by atoms with Gasteiger partial charge in [-0.3, -0.25) is 19.6 Å². The summed E-state index contributed by atoms with van der Waals surface area (Å²) in [5.74, 6) is -0.782. The van der Waals surface area contributed by atoms with Crippen molar-refractivity contribution in [3.05, 3.63) is 21.5 Å². The predicted octanol–water partition coefficient (Wildman–Crippen LogP) is 0.641. The monoisotopic (exact) mass is 238 g/mol. The largest absolute Gasteiger partial charge is 0.323 e. The van der Waals surface area contributed by atoms with Gasteiger partial charge in [0.25, 0.3) is 0 Å². The molecule has 1 heterocycles. The summed E-state index contributed by atoms with van der Waals surface area (Å²) in [6, 6.07) is -0.715. The van der Waals surface area contributed by atoms with E-state index in [1.165, 1.54) is 0 Å². The van der Waals surface area contributed by atoms with E-state index in [0.717, 1.165) is 11.4 Å². The lowest BCUT2D eigenvalue weighted by molar-refractivity contribution is -0.497. The molecule has 92 valence electrons. The summed E-state index contributed by atoms with van der Waals surface area (Å²) in [4.78, 5) is 21.8. The van der Waals surface area contributed by atoms with E-state index in [4.69, 9.17) is 0 Å². The molecule has 1 aromatic rings. The molecule has 1 N–H and O–H groups in total. The topological polar surface area (TPSA) is 90.1 Å². The van der Waals surface area contributed by atoms with Crippen LogP contribution >= 0.6 is 0 Å². The Labute approximate surface area is 98.0 Å². The summed E-state index contributed by atoms with van der Waals surface area (Å²) in [7, 11) is 1.79. The first-order valence-electron chi connectivity index (χ1n) is 5.36. The smallest absolute Gasteiger partial charge is 0.234 e. The molecule has 17 heavy (non-hydrogen) atoms. The summed E-state index contributed by atoms with van der Waals surface area (Å²) < 4.78 is 1.67. The first-order chi connectivity index (χ1) is 7.91. The lowest BCUT2D eigenvalue weighted by Crippen LogP contribution is -2.19. The molecule has 1 saturated carbocycles. The molecule has 0 saturated heterocycles. The zero-order valence-corrected chi connectivity index (χ0v) is 9.93. The van der Waals surface area contributed by atoms with E-state index in [1.54, 1.807) is 18.7 Å². The summed E-state index contributed by atoms with van der Waals surface area (Å²) in [6.45, 7) is 3.63. The number of carbonyl (C=O) groups is 1. The van der Waals surface area contributed by atoms with E-state index in [0.29, 0.717) is 12.1 Å². The van der Waals surface area contributed by atoms with Gasteiger partial charge in [0, 0.05) is 18.4 Å². The molecule has 0 radical (unpaired) electrons. The van der Waals surface area contributed by atoms with Crippen molar-refractivity contribution >= 4 is 11.6 Å². The second-order valence-corrected chi connectivity index (χ2v) is 4.35. The van der Waals surface area contributed by atoms with Crippen molar-refractivity contribution in [2.75, 3.05) is 5.32 Å². The highest BCUT2D eigenvalue weighted by Gasteiger charge is 2.53. The van der Waals surface area contributed by atoms with Crippen LogP contribution in [0.4, 0.5) is 5.69 Å². The average Bonchev–Trinajstić information content (AvgIpc) is 2.99. The molecule has 0 aliphatic heterocycles. The van der Waals surface area contributed by atoms with Crippen LogP contribution in [0.2, 0.25) is 0 Å². The second kappa shape index (κ2) is 3.83. The van der Waals surface area contributed by atoms with Crippen LogP contribution in [0.5, 0.6) is 0 Å². The maximum absolute atomic E-state index is 11.8. The molecule has 1 aromatic heterocycles. The predicted molar refractivity (Wildman–Crippen MR) is 60.2 cm³/mol. The van der Waals surface area contributed by atoms with Crippen LogP contribution in [-0.2, 0) is 11.8 Å². The van der Waals surface area contributed by atoms with Crippen LogP contribution in [0.1, 0.15) is 17.8 Å². The lowest BCUT2D eigenvalue weighted by atomic mass is 10.3. The highest BCUT2D eigenvalue weighted by atomic mass is 16.6. The van der Waals surface area contributed by atoms with Crippen LogP contribution in [0.3, 0.4) is 0 Å². The third-order valence-electron chi connectivity index (χ3n) is 3.12. The number of nitrogens with one attached hydrogen (secondary N) is 1. The molecule has 1 aliphatic rings. The van der Waals surface area contributed by atoms with Crippen molar-refractivity contribution in [1.82, 2.24) is 9.78 Å². The van der Waals surface area contributed by atoms with Crippen molar-refractivity contribution in [2.24, 2.45) is 13.0 Å². The zero-order valence-electron chi connectivity index (χ0n) is 9.93. The minimum Gasteiger partial charge on any atom is -0.323 e. The quantitative estimate of drug-likeness (QED) is 0.618. The standard InChI is InChI=1S/C10H14N4O3/c1-5-9(6(2)13(3)12-5)11-10(15)7-4-8(7)14(16)17/h7-8H,4H2,1-3H3,(H,11,15). The number of nitro groups is 1. The van der Waals surface area contributed by atoms with Gasteiger partial charge < -0.3 is 5.32 Å². The van der Waals surface area contributed by atoms with Crippen molar-refractivity contribution < 1.29 is 9.72 Å². The van der Waals surface area contributed by atoms with Gasteiger partial charge in [-0.15, -0.1) is 0 Å². The van der Waals surface area contributed by atoms with Crippen molar-refractivity contribution in [1.29, 1.82) is 0 Å². The number of hydrogen-bond acceptors (Lipinski definition) is 4.